The number of H-pyrrole nitrogens is 1. The van der Waals surface area contributed by atoms with Crippen molar-refractivity contribution in [1.29, 1.82) is 0 Å². The van der Waals surface area contributed by atoms with E-state index in [4.69, 9.17) is 8.92 Å². The number of hydrogen-bond acceptors (Lipinski definition) is 6. The molecule has 0 fully saturated rings. The molecule has 2 heterocycles. The average Bonchev–Trinajstić information content (AvgIpc) is 3.35. The van der Waals surface area contributed by atoms with Crippen molar-refractivity contribution in [1.82, 2.24) is 15.2 Å². The van der Waals surface area contributed by atoms with Crippen LogP contribution in [0, 0.1) is 0 Å². The van der Waals surface area contributed by atoms with Crippen molar-refractivity contribution >= 4 is 39.3 Å². The second kappa shape index (κ2) is 9.62. The Morgan fingerprint density at radius 1 is 1.12 bits per heavy atom. The highest BCUT2D eigenvalue weighted by Crippen LogP contribution is 2.43. The third-order valence-corrected chi connectivity index (χ3v) is 6.20. The number of halogens is 1. The molecule has 0 atom stereocenters. The lowest BCUT2D eigenvalue weighted by Gasteiger charge is -2.17. The molecule has 2 N–H and O–H groups in total. The van der Waals surface area contributed by atoms with E-state index in [1.165, 1.54) is 12.7 Å². The molecule has 1 aromatic heterocycles. The highest BCUT2D eigenvalue weighted by Gasteiger charge is 2.31. The van der Waals surface area contributed by atoms with Crippen LogP contribution in [0.4, 0.5) is 0 Å². The van der Waals surface area contributed by atoms with Gasteiger partial charge in [0.15, 0.2) is 11.5 Å². The predicted octanol–water partition coefficient (Wildman–Crippen LogP) is 3.69. The van der Waals surface area contributed by atoms with E-state index in [0.29, 0.717) is 16.7 Å². The first kappa shape index (κ1) is 24.9. The van der Waals surface area contributed by atoms with Crippen LogP contribution in [-0.4, -0.2) is 50.7 Å². The first-order chi connectivity index (χ1) is 15.2. The number of aromatic amines is 1. The lowest BCUT2D eigenvalue weighted by atomic mass is 9.98. The van der Waals surface area contributed by atoms with E-state index in [-0.39, 0.29) is 36.4 Å². The van der Waals surface area contributed by atoms with E-state index in [1.807, 2.05) is 12.1 Å². The Labute approximate surface area is 199 Å². The fourth-order valence-corrected chi connectivity index (χ4v) is 4.60. The van der Waals surface area contributed by atoms with Gasteiger partial charge >= 0.3 is 10.1 Å². The number of amides is 1. The van der Waals surface area contributed by atoms with Crippen LogP contribution in [0.3, 0.4) is 0 Å². The van der Waals surface area contributed by atoms with Gasteiger partial charge in [-0.1, -0.05) is 19.9 Å². The Morgan fingerprint density at radius 3 is 2.48 bits per heavy atom. The molecule has 0 spiro atoms. The summed E-state index contributed by atoms with van der Waals surface area (Å²) < 4.78 is 34.2. The van der Waals surface area contributed by atoms with Gasteiger partial charge in [-0.25, -0.2) is 0 Å². The first-order valence-corrected chi connectivity index (χ1v) is 12.3. The third-order valence-electron chi connectivity index (χ3n) is 5.73. The lowest BCUT2D eigenvalue weighted by molar-refractivity contribution is 0.0966. The van der Waals surface area contributed by atoms with E-state index < -0.39 is 10.1 Å². The second-order valence-electron chi connectivity index (χ2n) is 7.85. The first-order valence-electron chi connectivity index (χ1n) is 10.5. The lowest BCUT2D eigenvalue weighted by Crippen LogP contribution is -2.21. The van der Waals surface area contributed by atoms with Crippen LogP contribution < -0.4 is 14.2 Å². The molecule has 0 bridgehead atoms. The standard InChI is InChI=1S/C23H27N3O5S.ClH/c1-5-26(6-2)13-14-7-8-18-15(9-14)10-19(25-18)16-11-20(30-3)22(31-32(4,28)29)17-12-24-23(27)21(16)17;/h7-11,25H,5-6,12-13H2,1-4H3,(H,24,27);1H. The number of fused-ring (bicyclic) bond motifs is 2. The topological polar surface area (TPSA) is 101 Å². The van der Waals surface area contributed by atoms with Crippen LogP contribution in [-0.2, 0) is 23.2 Å². The SMILES string of the molecule is CCN(CC)Cc1ccc2[nH]c(-c3cc(OC)c(OS(C)(=O)=O)c4c3C(=O)NC4)cc2c1.Cl. The molecule has 33 heavy (non-hydrogen) atoms. The zero-order chi connectivity index (χ0) is 23.0. The number of rotatable bonds is 8. The van der Waals surface area contributed by atoms with Gasteiger partial charge in [0.05, 0.1) is 18.9 Å². The molecule has 0 saturated heterocycles. The Bertz CT molecular complexity index is 1300. The molecular weight excluding hydrogens is 466 g/mol. The molecule has 4 rings (SSSR count). The summed E-state index contributed by atoms with van der Waals surface area (Å²) in [5.41, 5.74) is 4.40. The van der Waals surface area contributed by atoms with Crippen molar-refractivity contribution in [3.63, 3.8) is 0 Å². The van der Waals surface area contributed by atoms with Crippen molar-refractivity contribution in [3.8, 4) is 22.8 Å². The molecule has 1 aliphatic rings. The second-order valence-corrected chi connectivity index (χ2v) is 9.42. The van der Waals surface area contributed by atoms with Gasteiger partial charge in [-0.05, 0) is 42.9 Å². The molecule has 178 valence electrons. The minimum absolute atomic E-state index is 0. The van der Waals surface area contributed by atoms with Crippen LogP contribution in [0.25, 0.3) is 22.2 Å². The summed E-state index contributed by atoms with van der Waals surface area (Å²) in [6.07, 6.45) is 0.963. The minimum atomic E-state index is -3.80. The number of aromatic nitrogens is 1. The van der Waals surface area contributed by atoms with Gasteiger partial charge in [0.1, 0.15) is 0 Å². The van der Waals surface area contributed by atoms with E-state index in [1.54, 1.807) is 6.07 Å². The fraction of sp³-hybridized carbons (Fsp3) is 0.348. The van der Waals surface area contributed by atoms with Crippen LogP contribution in [0.5, 0.6) is 11.5 Å². The normalized spacial score (nSPS) is 13.1. The molecule has 0 unspecified atom stereocenters. The minimum Gasteiger partial charge on any atom is -0.493 e. The van der Waals surface area contributed by atoms with Gasteiger partial charge < -0.3 is 19.2 Å². The van der Waals surface area contributed by atoms with Gasteiger partial charge in [0.25, 0.3) is 5.91 Å². The Balaban J connectivity index is 0.00000306. The molecule has 0 radical (unpaired) electrons. The summed E-state index contributed by atoms with van der Waals surface area (Å²) in [4.78, 5) is 18.4. The van der Waals surface area contributed by atoms with Crippen LogP contribution in [0.15, 0.2) is 30.3 Å². The molecule has 1 aliphatic heterocycles. The van der Waals surface area contributed by atoms with Gasteiger partial charge in [-0.15, -0.1) is 12.4 Å². The summed E-state index contributed by atoms with van der Waals surface area (Å²) in [6, 6.07) is 9.93. The molecule has 8 nitrogen and oxygen atoms in total. The zero-order valence-corrected chi connectivity index (χ0v) is 20.7. The average molecular weight is 494 g/mol. The summed E-state index contributed by atoms with van der Waals surface area (Å²) in [7, 11) is -2.36. The van der Waals surface area contributed by atoms with E-state index >= 15 is 0 Å². The number of benzene rings is 2. The van der Waals surface area contributed by atoms with Gasteiger partial charge in [0, 0.05) is 40.8 Å². The predicted molar refractivity (Wildman–Crippen MR) is 131 cm³/mol. The molecule has 1 amide bonds. The molecule has 3 aromatic rings. The van der Waals surface area contributed by atoms with Crippen LogP contribution in [0.1, 0.15) is 35.3 Å². The molecule has 0 saturated carbocycles. The smallest absolute Gasteiger partial charge is 0.306 e. The van der Waals surface area contributed by atoms with E-state index in [2.05, 4.69) is 41.2 Å². The van der Waals surface area contributed by atoms with Crippen molar-refractivity contribution in [2.45, 2.75) is 26.9 Å². The number of hydrogen-bond donors (Lipinski definition) is 2. The van der Waals surface area contributed by atoms with Crippen LogP contribution >= 0.6 is 12.4 Å². The van der Waals surface area contributed by atoms with Crippen molar-refractivity contribution in [2.75, 3.05) is 26.5 Å². The molecule has 2 aromatic carbocycles. The monoisotopic (exact) mass is 493 g/mol. The molecule has 0 aliphatic carbocycles. The summed E-state index contributed by atoms with van der Waals surface area (Å²) in [5.74, 6) is 0.0168. The van der Waals surface area contributed by atoms with E-state index in [9.17, 15) is 13.2 Å². The number of nitrogens with zero attached hydrogens (tertiary/aromatic N) is 1. The van der Waals surface area contributed by atoms with Crippen molar-refractivity contribution in [2.24, 2.45) is 0 Å². The summed E-state index contributed by atoms with van der Waals surface area (Å²) in [6.45, 7) is 7.29. The maximum atomic E-state index is 12.7. The molecular formula is C23H28ClN3O5S. The largest absolute Gasteiger partial charge is 0.493 e. The maximum Gasteiger partial charge on any atom is 0.306 e. The van der Waals surface area contributed by atoms with Crippen molar-refractivity contribution < 1.29 is 22.1 Å². The third kappa shape index (κ3) is 4.95. The quantitative estimate of drug-likeness (QED) is 0.464. The van der Waals surface area contributed by atoms with Crippen molar-refractivity contribution in [3.05, 3.63) is 47.0 Å². The number of carbonyl (C=O) groups is 1. The fourth-order valence-electron chi connectivity index (χ4n) is 4.12. The summed E-state index contributed by atoms with van der Waals surface area (Å²) >= 11 is 0. The molecule has 10 heteroatoms. The number of nitrogens with one attached hydrogen (secondary N) is 2. The number of ether oxygens (including phenoxy) is 1. The summed E-state index contributed by atoms with van der Waals surface area (Å²) in [5, 5.41) is 3.80. The maximum absolute atomic E-state index is 12.7. The van der Waals surface area contributed by atoms with Crippen LogP contribution in [0.2, 0.25) is 0 Å². The Morgan fingerprint density at radius 2 is 1.85 bits per heavy atom. The highest BCUT2D eigenvalue weighted by atomic mass is 35.5. The Kier molecular flexibility index (Phi) is 7.26. The number of carbonyl (C=O) groups excluding carboxylic acids is 1. The highest BCUT2D eigenvalue weighted by molar-refractivity contribution is 7.86. The zero-order valence-electron chi connectivity index (χ0n) is 19.0. The number of methoxy groups -OCH3 is 1. The van der Waals surface area contributed by atoms with Gasteiger partial charge in [-0.2, -0.15) is 8.42 Å². The van der Waals surface area contributed by atoms with E-state index in [0.717, 1.165) is 42.5 Å². The van der Waals surface area contributed by atoms with Gasteiger partial charge in [0.2, 0.25) is 0 Å². The van der Waals surface area contributed by atoms with Gasteiger partial charge in [-0.3, -0.25) is 9.69 Å². The Hall–Kier alpha value is -2.75.